The van der Waals surface area contributed by atoms with Crippen LogP contribution in [0.2, 0.25) is 0 Å². The molecule has 6 heteroatoms. The Bertz CT molecular complexity index is 412. The summed E-state index contributed by atoms with van der Waals surface area (Å²) in [5.74, 6) is -2.09. The molecule has 0 atom stereocenters. The Balaban J connectivity index is 3.33. The minimum Gasteiger partial charge on any atom is -0.491 e. The predicted molar refractivity (Wildman–Crippen MR) is 52.9 cm³/mol. The van der Waals surface area contributed by atoms with Gasteiger partial charge in [-0.1, -0.05) is 13.8 Å². The molecule has 1 aromatic heterocycles. The number of rotatable bonds is 3. The van der Waals surface area contributed by atoms with Gasteiger partial charge in [0.2, 0.25) is 5.82 Å². The van der Waals surface area contributed by atoms with Gasteiger partial charge in [0.25, 0.3) is 11.4 Å². The van der Waals surface area contributed by atoms with Crippen molar-refractivity contribution in [2.24, 2.45) is 5.73 Å². The lowest BCUT2D eigenvalue weighted by molar-refractivity contribution is 0.355. The first-order chi connectivity index (χ1) is 6.94. The van der Waals surface area contributed by atoms with Crippen LogP contribution in [0.5, 0.6) is 5.88 Å². The second-order valence-corrected chi connectivity index (χ2v) is 3.42. The van der Waals surface area contributed by atoms with Crippen molar-refractivity contribution in [3.05, 3.63) is 22.0 Å². The number of nitrogens with zero attached hydrogens (tertiary/aromatic N) is 1. The maximum absolute atomic E-state index is 12.8. The van der Waals surface area contributed by atoms with Crippen LogP contribution in [-0.4, -0.2) is 15.1 Å². The summed E-state index contributed by atoms with van der Waals surface area (Å²) in [5, 5.41) is 9.07. The third-order valence-corrected chi connectivity index (χ3v) is 2.58. The van der Waals surface area contributed by atoms with E-state index in [1.807, 2.05) is 13.8 Å². The zero-order chi connectivity index (χ0) is 11.6. The average molecular weight is 215 g/mol. The number of aromatic nitrogens is 2. The summed E-state index contributed by atoms with van der Waals surface area (Å²) in [4.78, 5) is 16.8. The molecule has 0 saturated heterocycles. The number of halogens is 1. The third-order valence-electron chi connectivity index (χ3n) is 2.58. The molecule has 1 heterocycles. The van der Waals surface area contributed by atoms with Gasteiger partial charge in [-0.3, -0.25) is 4.79 Å². The molecule has 4 N–H and O–H groups in total. The Morgan fingerprint density at radius 1 is 1.53 bits per heavy atom. The second kappa shape index (κ2) is 3.98. The van der Waals surface area contributed by atoms with Crippen molar-refractivity contribution in [1.29, 1.82) is 0 Å². The molecule has 0 unspecified atom stereocenters. The molecule has 0 bridgehead atoms. The SMILES string of the molecule is CCC(N)(CC)c1nc(O)c(F)c(=O)[nH]1. The summed E-state index contributed by atoms with van der Waals surface area (Å²) < 4.78 is 12.8. The molecule has 84 valence electrons. The van der Waals surface area contributed by atoms with Crippen LogP contribution in [0.15, 0.2) is 4.79 Å². The molecule has 0 aliphatic carbocycles. The Kier molecular flexibility index (Phi) is 3.09. The molecule has 1 rings (SSSR count). The van der Waals surface area contributed by atoms with Gasteiger partial charge in [0.05, 0.1) is 5.54 Å². The summed E-state index contributed by atoms with van der Waals surface area (Å²) in [6.07, 6.45) is 1.05. The van der Waals surface area contributed by atoms with Gasteiger partial charge < -0.3 is 15.8 Å². The molecule has 0 aromatic carbocycles. The van der Waals surface area contributed by atoms with Gasteiger partial charge in [0.15, 0.2) is 0 Å². The van der Waals surface area contributed by atoms with E-state index in [2.05, 4.69) is 9.97 Å². The highest BCUT2D eigenvalue weighted by molar-refractivity contribution is 5.14. The number of hydrogen-bond acceptors (Lipinski definition) is 4. The number of aromatic hydroxyl groups is 1. The van der Waals surface area contributed by atoms with Crippen LogP contribution in [-0.2, 0) is 5.54 Å². The average Bonchev–Trinajstić information content (AvgIpc) is 2.24. The normalized spacial score (nSPS) is 11.7. The fraction of sp³-hybridized carbons (Fsp3) is 0.556. The van der Waals surface area contributed by atoms with Gasteiger partial charge in [-0.25, -0.2) is 0 Å². The molecule has 0 spiro atoms. The minimum atomic E-state index is -1.28. The summed E-state index contributed by atoms with van der Waals surface area (Å²) in [5.41, 5.74) is 4.09. The fourth-order valence-electron chi connectivity index (χ4n) is 1.27. The van der Waals surface area contributed by atoms with Crippen LogP contribution < -0.4 is 11.3 Å². The van der Waals surface area contributed by atoms with E-state index in [0.717, 1.165) is 0 Å². The van der Waals surface area contributed by atoms with Crippen molar-refractivity contribution in [3.63, 3.8) is 0 Å². The van der Waals surface area contributed by atoms with Crippen LogP contribution in [0, 0.1) is 5.82 Å². The van der Waals surface area contributed by atoms with E-state index in [1.54, 1.807) is 0 Å². The first-order valence-electron chi connectivity index (χ1n) is 4.72. The molecule has 5 nitrogen and oxygen atoms in total. The number of nitrogens with two attached hydrogens (primary N) is 1. The van der Waals surface area contributed by atoms with E-state index in [0.29, 0.717) is 12.8 Å². The van der Waals surface area contributed by atoms with E-state index in [1.165, 1.54) is 0 Å². The van der Waals surface area contributed by atoms with Gasteiger partial charge in [-0.05, 0) is 12.8 Å². The van der Waals surface area contributed by atoms with E-state index in [4.69, 9.17) is 10.8 Å². The molecule has 1 aromatic rings. The first-order valence-corrected chi connectivity index (χ1v) is 4.72. The molecule has 0 fully saturated rings. The van der Waals surface area contributed by atoms with Crippen molar-refractivity contribution >= 4 is 0 Å². The molecule has 0 amide bonds. The maximum Gasteiger partial charge on any atom is 0.291 e. The van der Waals surface area contributed by atoms with E-state index >= 15 is 0 Å². The number of H-pyrrole nitrogens is 1. The molecule has 15 heavy (non-hydrogen) atoms. The monoisotopic (exact) mass is 215 g/mol. The fourth-order valence-corrected chi connectivity index (χ4v) is 1.27. The van der Waals surface area contributed by atoms with Crippen LogP contribution in [0.4, 0.5) is 4.39 Å². The summed E-state index contributed by atoms with van der Waals surface area (Å²) in [6, 6.07) is 0. The maximum atomic E-state index is 12.8. The number of aromatic amines is 1. The Morgan fingerprint density at radius 3 is 2.47 bits per heavy atom. The first kappa shape index (κ1) is 11.6. The lowest BCUT2D eigenvalue weighted by atomic mass is 9.93. The topological polar surface area (TPSA) is 92.0 Å². The van der Waals surface area contributed by atoms with Crippen LogP contribution in [0.25, 0.3) is 0 Å². The van der Waals surface area contributed by atoms with Crippen molar-refractivity contribution in [1.82, 2.24) is 9.97 Å². The Labute approximate surface area is 86.2 Å². The molecule has 0 aliphatic heterocycles. The highest BCUT2D eigenvalue weighted by Crippen LogP contribution is 2.22. The minimum absolute atomic E-state index is 0.108. The van der Waals surface area contributed by atoms with Crippen LogP contribution in [0.1, 0.15) is 32.5 Å². The third kappa shape index (κ3) is 1.99. The Morgan fingerprint density at radius 2 is 2.07 bits per heavy atom. The largest absolute Gasteiger partial charge is 0.491 e. The molecular formula is C9H14FN3O2. The molecule has 0 radical (unpaired) electrons. The van der Waals surface area contributed by atoms with Gasteiger partial charge in [0, 0.05) is 0 Å². The Hall–Kier alpha value is -1.43. The summed E-state index contributed by atoms with van der Waals surface area (Å²) >= 11 is 0. The number of hydrogen-bond donors (Lipinski definition) is 3. The van der Waals surface area contributed by atoms with Crippen LogP contribution >= 0.6 is 0 Å². The van der Waals surface area contributed by atoms with Gasteiger partial charge in [-0.2, -0.15) is 9.37 Å². The van der Waals surface area contributed by atoms with Crippen LogP contribution in [0.3, 0.4) is 0 Å². The zero-order valence-corrected chi connectivity index (χ0v) is 8.67. The zero-order valence-electron chi connectivity index (χ0n) is 8.67. The van der Waals surface area contributed by atoms with Crippen molar-refractivity contribution in [2.75, 3.05) is 0 Å². The van der Waals surface area contributed by atoms with Crippen molar-refractivity contribution in [3.8, 4) is 5.88 Å². The highest BCUT2D eigenvalue weighted by atomic mass is 19.1. The van der Waals surface area contributed by atoms with Crippen molar-refractivity contribution in [2.45, 2.75) is 32.2 Å². The summed E-state index contributed by atoms with van der Waals surface area (Å²) in [7, 11) is 0. The van der Waals surface area contributed by atoms with E-state index in [9.17, 15) is 9.18 Å². The molecule has 0 aliphatic rings. The van der Waals surface area contributed by atoms with Gasteiger partial charge >= 0.3 is 0 Å². The second-order valence-electron chi connectivity index (χ2n) is 3.42. The molecular weight excluding hydrogens is 201 g/mol. The summed E-state index contributed by atoms with van der Waals surface area (Å²) in [6.45, 7) is 3.65. The van der Waals surface area contributed by atoms with E-state index < -0.39 is 22.8 Å². The van der Waals surface area contributed by atoms with E-state index in [-0.39, 0.29) is 5.82 Å². The number of nitrogens with one attached hydrogen (secondary N) is 1. The van der Waals surface area contributed by atoms with Crippen molar-refractivity contribution < 1.29 is 9.50 Å². The quantitative estimate of drug-likeness (QED) is 0.688. The lowest BCUT2D eigenvalue weighted by Gasteiger charge is -2.24. The lowest BCUT2D eigenvalue weighted by Crippen LogP contribution is -2.39. The smallest absolute Gasteiger partial charge is 0.291 e. The van der Waals surface area contributed by atoms with Gasteiger partial charge in [0.1, 0.15) is 5.82 Å². The van der Waals surface area contributed by atoms with Gasteiger partial charge in [-0.15, -0.1) is 0 Å². The highest BCUT2D eigenvalue weighted by Gasteiger charge is 2.27. The molecule has 0 saturated carbocycles. The predicted octanol–water partition coefficient (Wildman–Crippen LogP) is 0.589. The standard InChI is InChI=1S/C9H14FN3O2/c1-3-9(11,4-2)8-12-6(14)5(10)7(15)13-8/h3-4,11H2,1-2H3,(H2,12,13,14,15).